The van der Waals surface area contributed by atoms with Gasteiger partial charge < -0.3 is 9.72 Å². The number of nitro benzene ring substituents is 1. The summed E-state index contributed by atoms with van der Waals surface area (Å²) in [6.07, 6.45) is 1.50. The summed E-state index contributed by atoms with van der Waals surface area (Å²) in [6.45, 7) is 5.05. The lowest BCUT2D eigenvalue weighted by molar-refractivity contribution is -0.387. The molecule has 2 aromatic carbocycles. The van der Waals surface area contributed by atoms with E-state index in [0.29, 0.717) is 27.3 Å². The number of nitrogens with one attached hydrogen (secondary N) is 1. The van der Waals surface area contributed by atoms with Crippen molar-refractivity contribution in [3.63, 3.8) is 0 Å². The standard InChI is InChI=1S/C28H22FN5O6S2/c1-4-40-26(37)23-15(3)31-28-33(24(23)17-6-8-18(29)9-7-17)25(36)21(42-28)13-16-5-10-20(19(12-16)34(38)39)41-27-30-14(2)11-22(35)32-27/h5-13,24H,4H2,1-3H3,(H,30,32,35)/b21-13+/t24-/m0/s1. The van der Waals surface area contributed by atoms with Gasteiger partial charge in [-0.15, -0.1) is 0 Å². The molecule has 0 fully saturated rings. The number of halogens is 1. The number of nitrogens with zero attached hydrogens (tertiary/aromatic N) is 4. The highest BCUT2D eigenvalue weighted by Crippen LogP contribution is 2.34. The third kappa shape index (κ3) is 5.71. The maximum atomic E-state index is 13.7. The summed E-state index contributed by atoms with van der Waals surface area (Å²) in [7, 11) is 0. The van der Waals surface area contributed by atoms with Crippen molar-refractivity contribution in [2.24, 2.45) is 4.99 Å². The topological polar surface area (TPSA) is 150 Å². The minimum Gasteiger partial charge on any atom is -0.463 e. The second-order valence-corrected chi connectivity index (χ2v) is 11.2. The Bertz CT molecular complexity index is 2010. The molecule has 1 atom stereocenters. The molecule has 0 aliphatic carbocycles. The van der Waals surface area contributed by atoms with Crippen molar-refractivity contribution < 1.29 is 18.8 Å². The van der Waals surface area contributed by atoms with Crippen LogP contribution in [0.25, 0.3) is 6.08 Å². The molecule has 1 aliphatic rings. The number of esters is 1. The molecular weight excluding hydrogens is 585 g/mol. The monoisotopic (exact) mass is 607 g/mol. The number of fused-ring (bicyclic) bond motifs is 1. The summed E-state index contributed by atoms with van der Waals surface area (Å²) in [5.41, 5.74) is 0.747. The van der Waals surface area contributed by atoms with Crippen molar-refractivity contribution in [1.82, 2.24) is 14.5 Å². The molecule has 1 aliphatic heterocycles. The van der Waals surface area contributed by atoms with Crippen molar-refractivity contribution in [3.05, 3.63) is 123 Å². The molecular formula is C28H22FN5O6S2. The highest BCUT2D eigenvalue weighted by molar-refractivity contribution is 7.99. The number of ether oxygens (including phenoxy) is 1. The van der Waals surface area contributed by atoms with Gasteiger partial charge in [-0.25, -0.2) is 19.2 Å². The molecule has 4 aromatic rings. The van der Waals surface area contributed by atoms with E-state index in [2.05, 4.69) is 15.0 Å². The quantitative estimate of drug-likeness (QED) is 0.145. The van der Waals surface area contributed by atoms with E-state index in [1.807, 2.05) is 0 Å². The zero-order chi connectivity index (χ0) is 30.1. The Morgan fingerprint density at radius 2 is 1.95 bits per heavy atom. The largest absolute Gasteiger partial charge is 0.463 e. The number of aromatic amines is 1. The van der Waals surface area contributed by atoms with E-state index in [4.69, 9.17) is 4.74 Å². The van der Waals surface area contributed by atoms with Crippen molar-refractivity contribution >= 4 is 40.8 Å². The summed E-state index contributed by atoms with van der Waals surface area (Å²) in [6, 6.07) is 10.3. The van der Waals surface area contributed by atoms with Crippen LogP contribution in [-0.2, 0) is 9.53 Å². The number of carbonyl (C=O) groups is 1. The van der Waals surface area contributed by atoms with Crippen LogP contribution < -0.4 is 20.5 Å². The summed E-state index contributed by atoms with van der Waals surface area (Å²) in [5, 5.41) is 12.1. The molecule has 0 radical (unpaired) electrons. The summed E-state index contributed by atoms with van der Waals surface area (Å²) >= 11 is 2.00. The van der Waals surface area contributed by atoms with Crippen molar-refractivity contribution in [3.8, 4) is 0 Å². The maximum Gasteiger partial charge on any atom is 0.338 e. The SMILES string of the molecule is CCOC(=O)C1=C(C)N=c2s/c(=C/c3ccc(Sc4nc(C)cc(=O)[nH]4)c([N+](=O)[O-])c3)c(=O)n2[C@H]1c1ccc(F)cc1. The first-order valence-electron chi connectivity index (χ1n) is 12.5. The smallest absolute Gasteiger partial charge is 0.338 e. The molecule has 42 heavy (non-hydrogen) atoms. The molecule has 0 unspecified atom stereocenters. The molecule has 14 heteroatoms. The number of thiazole rings is 1. The number of aromatic nitrogens is 3. The first kappa shape index (κ1) is 28.8. The van der Waals surface area contributed by atoms with Gasteiger partial charge in [-0.1, -0.05) is 29.5 Å². The normalized spacial score (nSPS) is 14.9. The third-order valence-electron chi connectivity index (χ3n) is 6.23. The number of hydrogen-bond donors (Lipinski definition) is 1. The van der Waals surface area contributed by atoms with E-state index in [0.717, 1.165) is 23.1 Å². The highest BCUT2D eigenvalue weighted by Gasteiger charge is 2.33. The van der Waals surface area contributed by atoms with Gasteiger partial charge in [-0.3, -0.25) is 24.3 Å². The van der Waals surface area contributed by atoms with Crippen LogP contribution in [0.4, 0.5) is 10.1 Å². The Hall–Kier alpha value is -4.69. The lowest BCUT2D eigenvalue weighted by Crippen LogP contribution is -2.39. The predicted octanol–water partition coefficient (Wildman–Crippen LogP) is 3.39. The number of carbonyl (C=O) groups excluding carboxylic acids is 1. The lowest BCUT2D eigenvalue weighted by Gasteiger charge is -2.24. The van der Waals surface area contributed by atoms with Crippen molar-refractivity contribution in [1.29, 1.82) is 0 Å². The molecule has 0 amide bonds. The second kappa shape index (κ2) is 11.7. The van der Waals surface area contributed by atoms with Gasteiger partial charge in [-0.2, -0.15) is 0 Å². The molecule has 0 bridgehead atoms. The third-order valence-corrected chi connectivity index (χ3v) is 8.17. The maximum absolute atomic E-state index is 13.7. The number of hydrogen-bond acceptors (Lipinski definition) is 10. The number of allylic oxidation sites excluding steroid dienone is 1. The summed E-state index contributed by atoms with van der Waals surface area (Å²) in [5.74, 6) is -1.12. The number of nitro groups is 1. The average Bonchev–Trinajstić information content (AvgIpc) is 3.22. The Morgan fingerprint density at radius 1 is 1.21 bits per heavy atom. The number of H-pyrrole nitrogens is 1. The first-order valence-corrected chi connectivity index (χ1v) is 14.2. The van der Waals surface area contributed by atoms with E-state index in [9.17, 15) is 28.9 Å². The van der Waals surface area contributed by atoms with E-state index >= 15 is 0 Å². The second-order valence-electron chi connectivity index (χ2n) is 9.13. The van der Waals surface area contributed by atoms with Crippen LogP contribution in [0.15, 0.2) is 84.4 Å². The fourth-order valence-corrected chi connectivity index (χ4v) is 6.43. The molecule has 5 rings (SSSR count). The number of benzene rings is 2. The fourth-order valence-electron chi connectivity index (χ4n) is 4.46. The Morgan fingerprint density at radius 3 is 2.62 bits per heavy atom. The van der Waals surface area contributed by atoms with Crippen molar-refractivity contribution in [2.45, 2.75) is 36.9 Å². The van der Waals surface area contributed by atoms with Gasteiger partial charge in [0.25, 0.3) is 16.8 Å². The van der Waals surface area contributed by atoms with Gasteiger partial charge in [-0.05, 0) is 67.9 Å². The summed E-state index contributed by atoms with van der Waals surface area (Å²) < 4.78 is 20.6. The van der Waals surface area contributed by atoms with Crippen molar-refractivity contribution in [2.75, 3.05) is 6.61 Å². The van der Waals surface area contributed by atoms with Gasteiger partial charge in [0.15, 0.2) is 9.96 Å². The van der Waals surface area contributed by atoms with Gasteiger partial charge in [0.2, 0.25) is 0 Å². The number of rotatable bonds is 7. The van der Waals surface area contributed by atoms with E-state index in [-0.39, 0.29) is 38.0 Å². The zero-order valence-corrected chi connectivity index (χ0v) is 24.0. The van der Waals surface area contributed by atoms with Gasteiger partial charge >= 0.3 is 5.97 Å². The van der Waals surface area contributed by atoms with Crippen LogP contribution in [0.3, 0.4) is 0 Å². The first-order chi connectivity index (χ1) is 20.0. The molecule has 3 heterocycles. The van der Waals surface area contributed by atoms with E-state index in [1.165, 1.54) is 53.1 Å². The van der Waals surface area contributed by atoms with Gasteiger partial charge in [0, 0.05) is 17.8 Å². The van der Waals surface area contributed by atoms with E-state index in [1.54, 1.807) is 26.8 Å². The molecule has 0 saturated heterocycles. The highest BCUT2D eigenvalue weighted by atomic mass is 32.2. The van der Waals surface area contributed by atoms with Crippen LogP contribution in [0, 0.1) is 22.9 Å². The predicted molar refractivity (Wildman–Crippen MR) is 154 cm³/mol. The average molecular weight is 608 g/mol. The van der Waals surface area contributed by atoms with Gasteiger partial charge in [0.05, 0.1) is 38.3 Å². The number of aryl methyl sites for hydroxylation is 1. The minimum atomic E-state index is -0.917. The van der Waals surface area contributed by atoms with Gasteiger partial charge in [0.1, 0.15) is 5.82 Å². The molecule has 0 saturated carbocycles. The van der Waals surface area contributed by atoms with Crippen LogP contribution >= 0.6 is 23.1 Å². The Balaban J connectivity index is 1.62. The Labute approximate surface area is 244 Å². The molecule has 0 spiro atoms. The minimum absolute atomic E-state index is 0.110. The fraction of sp³-hybridized carbons (Fsp3) is 0.179. The summed E-state index contributed by atoms with van der Waals surface area (Å²) in [4.78, 5) is 61.7. The molecule has 1 N–H and O–H groups in total. The van der Waals surface area contributed by atoms with Crippen LogP contribution in [-0.4, -0.2) is 32.0 Å². The zero-order valence-electron chi connectivity index (χ0n) is 22.4. The lowest BCUT2D eigenvalue weighted by atomic mass is 9.96. The van der Waals surface area contributed by atoms with Crippen LogP contribution in [0.1, 0.15) is 36.7 Å². The molecule has 11 nitrogen and oxygen atoms in total. The van der Waals surface area contributed by atoms with Crippen LogP contribution in [0.2, 0.25) is 0 Å². The molecule has 214 valence electrons. The van der Waals surface area contributed by atoms with Crippen LogP contribution in [0.5, 0.6) is 0 Å². The Kier molecular flexibility index (Phi) is 8.00. The molecule has 2 aromatic heterocycles. The van der Waals surface area contributed by atoms with E-state index < -0.39 is 28.3 Å².